The number of para-hydroxylation sites is 1. The van der Waals surface area contributed by atoms with Gasteiger partial charge < -0.3 is 15.8 Å². The highest BCUT2D eigenvalue weighted by Gasteiger charge is 2.15. The van der Waals surface area contributed by atoms with Gasteiger partial charge in [-0.05, 0) is 36.5 Å². The van der Waals surface area contributed by atoms with Gasteiger partial charge in [-0.15, -0.1) is 0 Å². The Morgan fingerprint density at radius 3 is 2.50 bits per heavy atom. The first kappa shape index (κ1) is 13.8. The number of thiocarbonyl (C=S) groups is 1. The summed E-state index contributed by atoms with van der Waals surface area (Å²) in [6, 6.07) is 13.4. The number of nitrogens with one attached hydrogen (secondary N) is 1. The summed E-state index contributed by atoms with van der Waals surface area (Å²) in [6.07, 6.45) is 0. The van der Waals surface area contributed by atoms with Gasteiger partial charge in [-0.2, -0.15) is 0 Å². The molecule has 6 nitrogen and oxygen atoms in total. The van der Waals surface area contributed by atoms with Crippen molar-refractivity contribution in [2.24, 2.45) is 5.73 Å². The van der Waals surface area contributed by atoms with E-state index < -0.39 is 4.92 Å². The largest absolute Gasteiger partial charge is 0.457 e. The third kappa shape index (κ3) is 3.42. The molecule has 0 saturated carbocycles. The smallest absolute Gasteiger partial charge is 0.296 e. The fourth-order valence-corrected chi connectivity index (χ4v) is 1.70. The second-order valence-corrected chi connectivity index (χ2v) is 4.28. The summed E-state index contributed by atoms with van der Waals surface area (Å²) in [4.78, 5) is 10.5. The van der Waals surface area contributed by atoms with Gasteiger partial charge >= 0.3 is 0 Å². The Morgan fingerprint density at radius 2 is 1.90 bits per heavy atom. The van der Waals surface area contributed by atoms with E-state index in [-0.39, 0.29) is 16.5 Å². The van der Waals surface area contributed by atoms with Crippen molar-refractivity contribution >= 4 is 28.7 Å². The van der Waals surface area contributed by atoms with Crippen LogP contribution in [0.5, 0.6) is 11.5 Å². The minimum Gasteiger partial charge on any atom is -0.457 e. The molecule has 0 aliphatic carbocycles. The minimum atomic E-state index is -0.529. The van der Waals surface area contributed by atoms with Gasteiger partial charge in [0.1, 0.15) is 17.2 Å². The van der Waals surface area contributed by atoms with Gasteiger partial charge in [-0.3, -0.25) is 10.1 Å². The molecule has 0 fully saturated rings. The summed E-state index contributed by atoms with van der Waals surface area (Å²) < 4.78 is 5.53. The van der Waals surface area contributed by atoms with E-state index in [1.165, 1.54) is 12.1 Å². The topological polar surface area (TPSA) is 90.4 Å². The van der Waals surface area contributed by atoms with Crippen molar-refractivity contribution in [3.8, 4) is 11.5 Å². The third-order valence-corrected chi connectivity index (χ3v) is 2.50. The van der Waals surface area contributed by atoms with E-state index in [9.17, 15) is 10.1 Å². The zero-order valence-electron chi connectivity index (χ0n) is 10.3. The van der Waals surface area contributed by atoms with Crippen molar-refractivity contribution in [3.63, 3.8) is 0 Å². The molecule has 0 aromatic heterocycles. The molecule has 2 aromatic carbocycles. The van der Waals surface area contributed by atoms with Crippen LogP contribution in [0, 0.1) is 10.1 Å². The number of hydrogen-bond acceptors (Lipinski definition) is 4. The molecule has 0 aliphatic heterocycles. The average molecular weight is 289 g/mol. The maximum atomic E-state index is 11.0. The van der Waals surface area contributed by atoms with Gasteiger partial charge in [0.05, 0.1) is 11.0 Å². The van der Waals surface area contributed by atoms with Crippen LogP contribution in [0.25, 0.3) is 0 Å². The minimum absolute atomic E-state index is 0.0372. The van der Waals surface area contributed by atoms with E-state index in [2.05, 4.69) is 17.5 Å². The Morgan fingerprint density at radius 1 is 1.20 bits per heavy atom. The molecule has 3 N–H and O–H groups in total. The second-order valence-electron chi connectivity index (χ2n) is 3.84. The summed E-state index contributed by atoms with van der Waals surface area (Å²) >= 11 is 4.67. The highest BCUT2D eigenvalue weighted by Crippen LogP contribution is 2.31. The van der Waals surface area contributed by atoms with Crippen LogP contribution >= 0.6 is 12.2 Å². The van der Waals surface area contributed by atoms with Crippen molar-refractivity contribution in [1.29, 1.82) is 0 Å². The van der Waals surface area contributed by atoms with Gasteiger partial charge in [0, 0.05) is 0 Å². The van der Waals surface area contributed by atoms with Crippen LogP contribution in [0.2, 0.25) is 0 Å². The molecule has 0 saturated heterocycles. The molecule has 2 aromatic rings. The molecule has 20 heavy (non-hydrogen) atoms. The van der Waals surface area contributed by atoms with Crippen LogP contribution in [-0.4, -0.2) is 10.0 Å². The van der Waals surface area contributed by atoms with Crippen LogP contribution in [0.3, 0.4) is 0 Å². The second kappa shape index (κ2) is 5.98. The van der Waals surface area contributed by atoms with Crippen molar-refractivity contribution in [1.82, 2.24) is 0 Å². The molecule has 7 heteroatoms. The standard InChI is InChI=1S/C13H11N3O3S/c14-13(20)15-11-7-6-10(8-12(11)16(17)18)19-9-4-2-1-3-5-9/h1-8H,(H3,14,15,20). The average Bonchev–Trinajstić information content (AvgIpc) is 2.41. The summed E-state index contributed by atoms with van der Waals surface area (Å²) in [7, 11) is 0. The zero-order valence-corrected chi connectivity index (χ0v) is 11.1. The Bertz CT molecular complexity index is 647. The number of nitrogens with two attached hydrogens (primary N) is 1. The number of hydrogen-bond donors (Lipinski definition) is 2. The van der Waals surface area contributed by atoms with Crippen LogP contribution < -0.4 is 15.8 Å². The van der Waals surface area contributed by atoms with Crippen LogP contribution in [-0.2, 0) is 0 Å². The molecule has 2 rings (SSSR count). The summed E-state index contributed by atoms with van der Waals surface area (Å²) in [5.74, 6) is 0.952. The lowest BCUT2D eigenvalue weighted by atomic mass is 10.2. The van der Waals surface area contributed by atoms with Gasteiger partial charge in [-0.25, -0.2) is 0 Å². The molecule has 0 heterocycles. The predicted molar refractivity (Wildman–Crippen MR) is 80.0 cm³/mol. The first-order valence-corrected chi connectivity index (χ1v) is 6.05. The van der Waals surface area contributed by atoms with Gasteiger partial charge in [0.25, 0.3) is 5.69 Å². The number of nitrogens with zero attached hydrogens (tertiary/aromatic N) is 1. The van der Waals surface area contributed by atoms with Crippen molar-refractivity contribution in [2.75, 3.05) is 5.32 Å². The summed E-state index contributed by atoms with van der Waals surface area (Å²) in [5, 5.41) is 13.6. The molecule has 0 radical (unpaired) electrons. The lowest BCUT2D eigenvalue weighted by molar-refractivity contribution is -0.384. The molecule has 0 aliphatic rings. The maximum absolute atomic E-state index is 11.0. The highest BCUT2D eigenvalue weighted by molar-refractivity contribution is 7.80. The van der Waals surface area contributed by atoms with Crippen LogP contribution in [0.15, 0.2) is 48.5 Å². The molecular formula is C13H11N3O3S. The van der Waals surface area contributed by atoms with Crippen LogP contribution in [0.4, 0.5) is 11.4 Å². The lowest BCUT2D eigenvalue weighted by Crippen LogP contribution is -2.19. The Balaban J connectivity index is 2.30. The first-order valence-electron chi connectivity index (χ1n) is 5.64. The van der Waals surface area contributed by atoms with Crippen molar-refractivity contribution in [2.45, 2.75) is 0 Å². The number of nitro groups is 1. The monoisotopic (exact) mass is 289 g/mol. The lowest BCUT2D eigenvalue weighted by Gasteiger charge is -2.08. The van der Waals surface area contributed by atoms with E-state index >= 15 is 0 Å². The quantitative estimate of drug-likeness (QED) is 0.511. The highest BCUT2D eigenvalue weighted by atomic mass is 32.1. The molecule has 102 valence electrons. The maximum Gasteiger partial charge on any atom is 0.296 e. The number of benzene rings is 2. The first-order chi connectivity index (χ1) is 9.56. The van der Waals surface area contributed by atoms with Gasteiger partial charge in [0.2, 0.25) is 0 Å². The van der Waals surface area contributed by atoms with E-state index in [0.717, 1.165) is 0 Å². The third-order valence-electron chi connectivity index (χ3n) is 2.40. The molecule has 0 spiro atoms. The van der Waals surface area contributed by atoms with E-state index in [1.54, 1.807) is 18.2 Å². The Labute approximate surface area is 120 Å². The van der Waals surface area contributed by atoms with Crippen molar-refractivity contribution < 1.29 is 9.66 Å². The Hall–Kier alpha value is -2.67. The summed E-state index contributed by atoms with van der Waals surface area (Å²) in [5.41, 5.74) is 5.39. The number of nitro benzene ring substituents is 1. The zero-order chi connectivity index (χ0) is 14.5. The van der Waals surface area contributed by atoms with Crippen LogP contribution in [0.1, 0.15) is 0 Å². The SMILES string of the molecule is NC(=S)Nc1ccc(Oc2ccccc2)cc1[N+](=O)[O-]. The van der Waals surface area contributed by atoms with E-state index in [4.69, 9.17) is 10.5 Å². The number of rotatable bonds is 4. The predicted octanol–water partition coefficient (Wildman–Crippen LogP) is 3.04. The van der Waals surface area contributed by atoms with E-state index in [0.29, 0.717) is 11.5 Å². The Kier molecular flexibility index (Phi) is 4.11. The van der Waals surface area contributed by atoms with Gasteiger partial charge in [-0.1, -0.05) is 18.2 Å². The number of ether oxygens (including phenoxy) is 1. The fraction of sp³-hybridized carbons (Fsp3) is 0. The van der Waals surface area contributed by atoms with Crippen molar-refractivity contribution in [3.05, 3.63) is 58.6 Å². The van der Waals surface area contributed by atoms with E-state index in [1.807, 2.05) is 18.2 Å². The molecule has 0 unspecified atom stereocenters. The molecular weight excluding hydrogens is 278 g/mol. The molecule has 0 atom stereocenters. The normalized spacial score (nSPS) is 9.80. The fourth-order valence-electron chi connectivity index (χ4n) is 1.59. The number of anilines is 1. The van der Waals surface area contributed by atoms with Gasteiger partial charge in [0.15, 0.2) is 5.11 Å². The summed E-state index contributed by atoms with van der Waals surface area (Å²) in [6.45, 7) is 0. The molecule has 0 amide bonds. The molecule has 0 bridgehead atoms.